The fraction of sp³-hybridized carbons (Fsp3) is 0.385. The van der Waals surface area contributed by atoms with Crippen LogP contribution in [0.4, 0.5) is 10.5 Å². The molecule has 190 valence electrons. The number of methoxy groups -OCH3 is 1. The van der Waals surface area contributed by atoms with Gasteiger partial charge in [-0.25, -0.2) is 4.79 Å². The van der Waals surface area contributed by atoms with Gasteiger partial charge in [0.15, 0.2) is 17.7 Å². The van der Waals surface area contributed by atoms with Gasteiger partial charge in [0.2, 0.25) is 0 Å². The topological polar surface area (TPSA) is 113 Å². The molecule has 0 radical (unpaired) electrons. The molecule has 0 N–H and O–H groups in total. The van der Waals surface area contributed by atoms with Gasteiger partial charge in [-0.2, -0.15) is 0 Å². The highest BCUT2D eigenvalue weighted by Gasteiger charge is 2.32. The Morgan fingerprint density at radius 2 is 1.83 bits per heavy atom. The van der Waals surface area contributed by atoms with Crippen molar-refractivity contribution in [1.29, 1.82) is 0 Å². The van der Waals surface area contributed by atoms with E-state index in [1.807, 2.05) is 20.8 Å². The van der Waals surface area contributed by atoms with Crippen molar-refractivity contribution in [3.63, 3.8) is 0 Å². The van der Waals surface area contributed by atoms with E-state index in [0.29, 0.717) is 46.9 Å². The van der Waals surface area contributed by atoms with Crippen LogP contribution in [-0.4, -0.2) is 46.4 Å². The first-order valence-electron chi connectivity index (χ1n) is 11.7. The van der Waals surface area contributed by atoms with Crippen LogP contribution < -0.4 is 14.2 Å². The maximum absolute atomic E-state index is 12.8. The summed E-state index contributed by atoms with van der Waals surface area (Å²) in [6.45, 7) is 6.04. The molecule has 2 heterocycles. The Morgan fingerprint density at radius 3 is 2.50 bits per heavy atom. The van der Waals surface area contributed by atoms with Crippen molar-refractivity contribution < 1.29 is 28.7 Å². The summed E-state index contributed by atoms with van der Waals surface area (Å²) in [6, 6.07) is 11.0. The number of carbonyl (C=O) groups excluding carboxylic acids is 1. The average Bonchev–Trinajstić information content (AvgIpc) is 2.83. The van der Waals surface area contributed by atoms with Crippen LogP contribution in [-0.2, 0) is 4.74 Å². The second-order valence-electron chi connectivity index (χ2n) is 9.42. The third kappa shape index (κ3) is 5.76. The number of ether oxygens (including phenoxy) is 4. The van der Waals surface area contributed by atoms with E-state index in [1.54, 1.807) is 29.3 Å². The molecule has 1 aliphatic heterocycles. The zero-order valence-electron chi connectivity index (χ0n) is 20.7. The monoisotopic (exact) mass is 495 g/mol. The van der Waals surface area contributed by atoms with Crippen LogP contribution in [0.2, 0.25) is 0 Å². The molecule has 0 spiro atoms. The van der Waals surface area contributed by atoms with Gasteiger partial charge in [-0.05, 0) is 57.9 Å². The number of nitro groups is 1. The van der Waals surface area contributed by atoms with Crippen LogP contribution in [0.5, 0.6) is 23.0 Å². The number of non-ortho nitro benzene ring substituents is 1. The van der Waals surface area contributed by atoms with E-state index in [-0.39, 0.29) is 5.69 Å². The minimum atomic E-state index is -0.607. The number of fused-ring (bicyclic) bond motifs is 1. The van der Waals surface area contributed by atoms with E-state index in [9.17, 15) is 14.9 Å². The lowest BCUT2D eigenvalue weighted by atomic mass is 10.1. The molecule has 1 fully saturated rings. The summed E-state index contributed by atoms with van der Waals surface area (Å²) in [4.78, 5) is 29.3. The predicted molar refractivity (Wildman–Crippen MR) is 133 cm³/mol. The minimum absolute atomic E-state index is 0.0199. The number of likely N-dealkylation sites (tertiary alicyclic amines) is 1. The second-order valence-corrected chi connectivity index (χ2v) is 9.42. The molecule has 10 nitrogen and oxygen atoms in total. The van der Waals surface area contributed by atoms with Gasteiger partial charge in [-0.1, -0.05) is 0 Å². The summed E-state index contributed by atoms with van der Waals surface area (Å²) in [5.41, 5.74) is -0.0256. The number of carbonyl (C=O) groups is 1. The maximum Gasteiger partial charge on any atom is 0.413 e. The van der Waals surface area contributed by atoms with E-state index in [2.05, 4.69) is 4.98 Å². The van der Waals surface area contributed by atoms with E-state index in [0.717, 1.165) is 12.8 Å². The Morgan fingerprint density at radius 1 is 1.08 bits per heavy atom. The smallest absolute Gasteiger partial charge is 0.413 e. The summed E-state index contributed by atoms with van der Waals surface area (Å²) in [7, 11) is 1.54. The van der Waals surface area contributed by atoms with Crippen molar-refractivity contribution in [3.05, 3.63) is 58.8 Å². The number of benzene rings is 2. The zero-order valence-corrected chi connectivity index (χ0v) is 20.7. The van der Waals surface area contributed by atoms with E-state index < -0.39 is 22.8 Å². The largest absolute Gasteiger partial charge is 0.493 e. The first-order chi connectivity index (χ1) is 17.1. The molecule has 4 rings (SSSR count). The number of aromatic nitrogens is 1. The van der Waals surface area contributed by atoms with Gasteiger partial charge < -0.3 is 18.9 Å². The van der Waals surface area contributed by atoms with Gasteiger partial charge in [0.25, 0.3) is 5.69 Å². The van der Waals surface area contributed by atoms with Crippen LogP contribution in [0.15, 0.2) is 48.7 Å². The number of pyridine rings is 1. The van der Waals surface area contributed by atoms with Gasteiger partial charge in [-0.3, -0.25) is 20.0 Å². The highest BCUT2D eigenvalue weighted by molar-refractivity contribution is 5.88. The van der Waals surface area contributed by atoms with Crippen molar-refractivity contribution in [2.75, 3.05) is 13.7 Å². The molecule has 10 heteroatoms. The van der Waals surface area contributed by atoms with Crippen molar-refractivity contribution in [2.45, 2.75) is 51.9 Å². The summed E-state index contributed by atoms with van der Waals surface area (Å²) in [6.07, 6.45) is 3.15. The van der Waals surface area contributed by atoms with E-state index >= 15 is 0 Å². The standard InChI is InChI=1S/C26H29N3O7/c1-26(2,3)36-25(30)28-14-6-5-7-24(28)35-23-16-20-19(15-22(23)33-4)21(12-13-27-20)34-18-10-8-17(9-11-18)29(31)32/h8-13,15-16,24H,5-7,14H2,1-4H3. The molecule has 0 bridgehead atoms. The van der Waals surface area contributed by atoms with Crippen molar-refractivity contribution in [1.82, 2.24) is 9.88 Å². The molecule has 1 amide bonds. The van der Waals surface area contributed by atoms with Crippen molar-refractivity contribution in [3.8, 4) is 23.0 Å². The molecule has 1 aromatic heterocycles. The molecule has 1 unspecified atom stereocenters. The Hall–Kier alpha value is -4.08. The first kappa shape index (κ1) is 25.0. The van der Waals surface area contributed by atoms with Gasteiger partial charge >= 0.3 is 6.09 Å². The highest BCUT2D eigenvalue weighted by atomic mass is 16.6. The number of rotatable bonds is 6. The first-order valence-corrected chi connectivity index (χ1v) is 11.7. The Bertz CT molecular complexity index is 1250. The molecule has 2 aromatic carbocycles. The molecule has 3 aromatic rings. The van der Waals surface area contributed by atoms with Gasteiger partial charge in [-0.15, -0.1) is 0 Å². The second kappa shape index (κ2) is 10.3. The molecular weight excluding hydrogens is 466 g/mol. The number of amides is 1. The molecule has 1 atom stereocenters. The van der Waals surface area contributed by atoms with E-state index in [1.165, 1.54) is 31.4 Å². The molecule has 0 aliphatic carbocycles. The maximum atomic E-state index is 12.8. The Labute approximate surface area is 208 Å². The molecule has 1 aliphatic rings. The van der Waals surface area contributed by atoms with E-state index in [4.69, 9.17) is 18.9 Å². The van der Waals surface area contributed by atoms with Crippen LogP contribution in [0, 0.1) is 10.1 Å². The summed E-state index contributed by atoms with van der Waals surface area (Å²) < 4.78 is 23.4. The average molecular weight is 496 g/mol. The van der Waals surface area contributed by atoms with Crippen LogP contribution in [0.3, 0.4) is 0 Å². The van der Waals surface area contributed by atoms with Crippen LogP contribution >= 0.6 is 0 Å². The van der Waals surface area contributed by atoms with Crippen molar-refractivity contribution in [2.24, 2.45) is 0 Å². The minimum Gasteiger partial charge on any atom is -0.493 e. The zero-order chi connectivity index (χ0) is 25.9. The SMILES string of the molecule is COc1cc2c(Oc3ccc([N+](=O)[O-])cc3)ccnc2cc1OC1CCCCN1C(=O)OC(C)(C)C. The Balaban J connectivity index is 1.61. The summed E-state index contributed by atoms with van der Waals surface area (Å²) in [5, 5.41) is 11.6. The van der Waals surface area contributed by atoms with Crippen LogP contribution in [0.1, 0.15) is 40.0 Å². The normalized spacial score (nSPS) is 15.9. The predicted octanol–water partition coefficient (Wildman–Crippen LogP) is 6.07. The lowest BCUT2D eigenvalue weighted by Gasteiger charge is -2.36. The third-order valence-electron chi connectivity index (χ3n) is 5.60. The summed E-state index contributed by atoms with van der Waals surface area (Å²) >= 11 is 0. The number of piperidine rings is 1. The molecule has 0 saturated carbocycles. The van der Waals surface area contributed by atoms with Crippen LogP contribution in [0.25, 0.3) is 10.9 Å². The fourth-order valence-corrected chi connectivity index (χ4v) is 3.93. The Kier molecular flexibility index (Phi) is 7.14. The number of hydrogen-bond donors (Lipinski definition) is 0. The van der Waals surface area contributed by atoms with Gasteiger partial charge in [0.05, 0.1) is 17.5 Å². The lowest BCUT2D eigenvalue weighted by Crippen LogP contribution is -2.48. The highest BCUT2D eigenvalue weighted by Crippen LogP contribution is 2.38. The van der Waals surface area contributed by atoms with Crippen molar-refractivity contribution >= 4 is 22.7 Å². The quantitative estimate of drug-likeness (QED) is 0.299. The van der Waals surface area contributed by atoms with Gasteiger partial charge in [0.1, 0.15) is 17.1 Å². The third-order valence-corrected chi connectivity index (χ3v) is 5.60. The molecular formula is C26H29N3O7. The summed E-state index contributed by atoms with van der Waals surface area (Å²) in [5.74, 6) is 1.86. The molecule has 1 saturated heterocycles. The lowest BCUT2D eigenvalue weighted by molar-refractivity contribution is -0.384. The fourth-order valence-electron chi connectivity index (χ4n) is 3.93. The number of hydrogen-bond acceptors (Lipinski definition) is 8. The number of nitrogens with zero attached hydrogens (tertiary/aromatic N) is 3. The number of nitro benzene ring substituents is 1. The molecule has 36 heavy (non-hydrogen) atoms. The van der Waals surface area contributed by atoms with Gasteiger partial charge in [0, 0.05) is 42.7 Å².